The summed E-state index contributed by atoms with van der Waals surface area (Å²) in [5.41, 5.74) is 0.0513. The van der Waals surface area contributed by atoms with Crippen molar-refractivity contribution < 1.29 is 18.3 Å². The molecule has 2 aliphatic heterocycles. The molecule has 9 nitrogen and oxygen atoms in total. The Bertz CT molecular complexity index is 1250. The maximum Gasteiger partial charge on any atom is 0.209 e. The number of nitrogens with one attached hydrogen (secondary N) is 3. The molecule has 2 aromatic rings. The minimum Gasteiger partial charge on any atom is -0.485 e. The lowest BCUT2D eigenvalue weighted by Crippen LogP contribution is -2.49. The molecule has 4 N–H and O–H groups in total. The largest absolute Gasteiger partial charge is 0.485 e. The van der Waals surface area contributed by atoms with Gasteiger partial charge in [0.1, 0.15) is 23.5 Å². The van der Waals surface area contributed by atoms with Crippen LogP contribution in [0.15, 0.2) is 52.4 Å². The molecule has 35 heavy (non-hydrogen) atoms. The minimum atomic E-state index is -3.58. The molecule has 1 saturated heterocycles. The number of halogens is 1. The van der Waals surface area contributed by atoms with Crippen molar-refractivity contribution in [3.05, 3.63) is 53.1 Å². The third kappa shape index (κ3) is 5.38. The summed E-state index contributed by atoms with van der Waals surface area (Å²) in [5, 5.41) is 29.2. The fraction of sp³-hybridized carbons (Fsp3) is 0.417. The summed E-state index contributed by atoms with van der Waals surface area (Å²) in [6.07, 6.45) is 1.80. The molecule has 2 atom stereocenters. The molecule has 4 rings (SSSR count). The second-order valence-electron chi connectivity index (χ2n) is 9.14. The third-order valence-corrected chi connectivity index (χ3v) is 8.80. The Morgan fingerprint density at radius 1 is 1.23 bits per heavy atom. The van der Waals surface area contributed by atoms with E-state index in [1.54, 1.807) is 50.2 Å². The highest BCUT2D eigenvalue weighted by atomic mass is 35.5. The van der Waals surface area contributed by atoms with Gasteiger partial charge in [-0.05, 0) is 82.2 Å². The number of anilines is 1. The van der Waals surface area contributed by atoms with E-state index in [1.807, 2.05) is 6.19 Å². The first kappa shape index (κ1) is 25.3. The molecule has 0 aromatic heterocycles. The van der Waals surface area contributed by atoms with Crippen molar-refractivity contribution in [2.75, 3.05) is 18.4 Å². The maximum absolute atomic E-state index is 13.3. The van der Waals surface area contributed by atoms with Crippen molar-refractivity contribution in [1.29, 1.82) is 5.26 Å². The summed E-state index contributed by atoms with van der Waals surface area (Å²) in [5.74, 6) is 0.523. The molecule has 0 bridgehead atoms. The zero-order chi connectivity index (χ0) is 25.2. The van der Waals surface area contributed by atoms with E-state index in [0.717, 1.165) is 0 Å². The molecular weight excluding hydrogens is 490 g/mol. The monoisotopic (exact) mass is 517 g/mol. The number of guanidine groups is 1. The van der Waals surface area contributed by atoms with Crippen molar-refractivity contribution in [3.8, 4) is 11.9 Å². The van der Waals surface area contributed by atoms with Crippen molar-refractivity contribution >= 4 is 33.1 Å². The molecule has 2 unspecified atom stereocenters. The summed E-state index contributed by atoms with van der Waals surface area (Å²) in [6.45, 7) is 4.76. The van der Waals surface area contributed by atoms with E-state index < -0.39 is 32.8 Å². The number of aliphatic hydroxyl groups is 1. The van der Waals surface area contributed by atoms with Crippen LogP contribution < -0.4 is 20.7 Å². The third-order valence-electron chi connectivity index (χ3n) is 6.29. The second-order valence-corrected chi connectivity index (χ2v) is 11.8. The van der Waals surface area contributed by atoms with Gasteiger partial charge in [-0.1, -0.05) is 11.6 Å². The normalized spacial score (nSPS) is 22.4. The molecule has 0 amide bonds. The summed E-state index contributed by atoms with van der Waals surface area (Å²) in [4.78, 5) is 4.77. The lowest BCUT2D eigenvalue weighted by Gasteiger charge is -2.41. The quantitative estimate of drug-likeness (QED) is 0.210. The van der Waals surface area contributed by atoms with Gasteiger partial charge in [0.05, 0.1) is 10.1 Å². The van der Waals surface area contributed by atoms with E-state index >= 15 is 0 Å². The number of hydrogen-bond acceptors (Lipinski definition) is 7. The molecule has 0 aliphatic carbocycles. The molecule has 186 valence electrons. The fourth-order valence-corrected chi connectivity index (χ4v) is 6.23. The van der Waals surface area contributed by atoms with Gasteiger partial charge >= 0.3 is 0 Å². The Balaban J connectivity index is 1.75. The van der Waals surface area contributed by atoms with Gasteiger partial charge in [-0.3, -0.25) is 5.32 Å². The highest BCUT2D eigenvalue weighted by Gasteiger charge is 2.44. The van der Waals surface area contributed by atoms with Gasteiger partial charge in [0.2, 0.25) is 5.96 Å². The summed E-state index contributed by atoms with van der Waals surface area (Å²) < 4.78 is 32.7. The van der Waals surface area contributed by atoms with Crippen LogP contribution in [0.3, 0.4) is 0 Å². The number of aliphatic imine (C=N–C) groups is 1. The molecule has 2 heterocycles. The van der Waals surface area contributed by atoms with Crippen LogP contribution in [0.5, 0.6) is 5.75 Å². The highest BCUT2D eigenvalue weighted by molar-refractivity contribution is 7.92. The predicted molar refractivity (Wildman–Crippen MR) is 134 cm³/mol. The van der Waals surface area contributed by atoms with E-state index in [9.17, 15) is 18.8 Å². The van der Waals surface area contributed by atoms with Crippen molar-refractivity contribution in [2.45, 2.75) is 54.6 Å². The molecule has 1 fully saturated rings. The zero-order valence-corrected chi connectivity index (χ0v) is 21.0. The van der Waals surface area contributed by atoms with Crippen LogP contribution in [0.2, 0.25) is 5.02 Å². The Hall–Kier alpha value is -2.84. The average molecular weight is 518 g/mol. The summed E-state index contributed by atoms with van der Waals surface area (Å²) >= 11 is 5.95. The van der Waals surface area contributed by atoms with E-state index in [4.69, 9.17) is 16.3 Å². The van der Waals surface area contributed by atoms with Gasteiger partial charge in [-0.2, -0.15) is 5.26 Å². The molecule has 11 heteroatoms. The van der Waals surface area contributed by atoms with Gasteiger partial charge in [-0.15, -0.1) is 0 Å². The van der Waals surface area contributed by atoms with Gasteiger partial charge in [0, 0.05) is 16.3 Å². The smallest absolute Gasteiger partial charge is 0.209 e. The number of rotatable bonds is 4. The van der Waals surface area contributed by atoms with E-state index in [0.29, 0.717) is 48.0 Å². The van der Waals surface area contributed by atoms with Crippen LogP contribution in [0.4, 0.5) is 5.69 Å². The topological polar surface area (TPSA) is 136 Å². The van der Waals surface area contributed by atoms with Gasteiger partial charge in [0.25, 0.3) is 0 Å². The number of aliphatic hydroxyl groups excluding tert-OH is 1. The Morgan fingerprint density at radius 2 is 1.91 bits per heavy atom. The van der Waals surface area contributed by atoms with Crippen molar-refractivity contribution in [3.63, 3.8) is 0 Å². The zero-order valence-electron chi connectivity index (χ0n) is 19.5. The molecule has 0 radical (unpaired) electrons. The number of benzene rings is 2. The van der Waals surface area contributed by atoms with Crippen LogP contribution >= 0.6 is 11.6 Å². The Kier molecular flexibility index (Phi) is 7.24. The first-order valence-corrected chi connectivity index (χ1v) is 13.3. The SMILES string of the molecule is CC1(C)Oc2ccc(S(=O)(=O)C3CCNCC3)cc2C(N=C(NC#N)Nc2ccc(Cl)cc2)C1O. The number of sulfone groups is 1. The average Bonchev–Trinajstić information content (AvgIpc) is 2.83. The van der Waals surface area contributed by atoms with Crippen LogP contribution in [-0.4, -0.2) is 49.5 Å². The minimum absolute atomic E-state index is 0.0918. The van der Waals surface area contributed by atoms with Gasteiger partial charge < -0.3 is 20.5 Å². The van der Waals surface area contributed by atoms with Crippen LogP contribution in [0, 0.1) is 11.5 Å². The number of hydrogen-bond donors (Lipinski definition) is 4. The first-order valence-electron chi connectivity index (χ1n) is 11.3. The van der Waals surface area contributed by atoms with Gasteiger partial charge in [0.15, 0.2) is 16.0 Å². The Labute approximate surface area is 210 Å². The van der Waals surface area contributed by atoms with E-state index in [1.165, 1.54) is 6.07 Å². The maximum atomic E-state index is 13.3. The standard InChI is InChI=1S/C24H28ClN5O4S/c1-24(2)22(31)21(30-23(28-14-26)29-16-5-3-15(25)4-6-16)19-13-18(7-8-20(19)34-24)35(32,33)17-9-11-27-12-10-17/h3-8,13,17,21-22,27,31H,9-12H2,1-2H3,(H2,28,29,30). The lowest BCUT2D eigenvalue weighted by molar-refractivity contribution is -0.0568. The van der Waals surface area contributed by atoms with E-state index in [-0.39, 0.29) is 10.9 Å². The molecular formula is C24H28ClN5O4S. The summed E-state index contributed by atoms with van der Waals surface area (Å²) in [7, 11) is -3.58. The fourth-order valence-electron chi connectivity index (χ4n) is 4.32. The Morgan fingerprint density at radius 3 is 2.57 bits per heavy atom. The number of fused-ring (bicyclic) bond motifs is 1. The van der Waals surface area contributed by atoms with Crippen LogP contribution in [-0.2, 0) is 9.84 Å². The molecule has 2 aliphatic rings. The van der Waals surface area contributed by atoms with E-state index in [2.05, 4.69) is 20.9 Å². The predicted octanol–water partition coefficient (Wildman–Crippen LogP) is 2.98. The number of nitriles is 1. The number of piperidine rings is 1. The lowest BCUT2D eigenvalue weighted by atomic mass is 9.87. The number of nitrogens with zero attached hydrogens (tertiary/aromatic N) is 2. The number of ether oxygens (including phenoxy) is 1. The van der Waals surface area contributed by atoms with Crippen molar-refractivity contribution in [1.82, 2.24) is 10.6 Å². The second kappa shape index (κ2) is 10.0. The van der Waals surface area contributed by atoms with Crippen molar-refractivity contribution in [2.24, 2.45) is 4.99 Å². The van der Waals surface area contributed by atoms with Gasteiger partial charge in [-0.25, -0.2) is 13.4 Å². The molecule has 0 saturated carbocycles. The molecule has 2 aromatic carbocycles. The van der Waals surface area contributed by atoms with Crippen LogP contribution in [0.25, 0.3) is 0 Å². The highest BCUT2D eigenvalue weighted by Crippen LogP contribution is 2.43. The summed E-state index contributed by atoms with van der Waals surface area (Å²) in [6, 6.07) is 10.6. The first-order chi connectivity index (χ1) is 16.6. The van der Waals surface area contributed by atoms with Crippen LogP contribution in [0.1, 0.15) is 38.3 Å². The molecule has 0 spiro atoms.